The fourth-order valence-corrected chi connectivity index (χ4v) is 0. The summed E-state index contributed by atoms with van der Waals surface area (Å²) < 4.78 is 0. The molecule has 15 N–H and O–H groups in total. The molecule has 0 saturated heterocycles. The second-order valence-electron chi connectivity index (χ2n) is 0.0745. The van der Waals surface area contributed by atoms with Gasteiger partial charge in [-0.25, -0.2) is 0 Å². The molecule has 0 unspecified atom stereocenters. The Morgan fingerprint density at radius 1 is 0.889 bits per heavy atom. The largest absolute Gasteiger partial charge is 0.444 e. The van der Waals surface area contributed by atoms with Crippen LogP contribution in [-0.2, 0) is 16.8 Å². The van der Waals surface area contributed by atoms with E-state index in [1.165, 1.54) is 0 Å². The van der Waals surface area contributed by atoms with Gasteiger partial charge in [-0.1, -0.05) is 0 Å². The number of rotatable bonds is 0. The van der Waals surface area contributed by atoms with E-state index in [9.17, 15) is 0 Å². The van der Waals surface area contributed by atoms with Crippen LogP contribution in [-0.4, -0.2) is 0 Å². The summed E-state index contributed by atoms with van der Waals surface area (Å²) in [5.74, 6) is 0. The summed E-state index contributed by atoms with van der Waals surface area (Å²) in [6.45, 7) is 0. The molecule has 0 aromatic carbocycles. The molecule has 0 spiro atoms. The molecule has 0 aliphatic heterocycles. The van der Waals surface area contributed by atoms with Crippen LogP contribution in [0.5, 0.6) is 0 Å². The molecule has 0 atom stereocenters. The average Bonchev–Trinajstić information content (AvgIpc) is 0.918. The molecule has 0 fully saturated rings. The third kappa shape index (κ3) is 2910. The van der Waals surface area contributed by atoms with Gasteiger partial charge in [0, 0.05) is 16.8 Å². The van der Waals surface area contributed by atoms with Crippen molar-refractivity contribution in [2.24, 2.45) is 5.34 Å². The minimum absolute atomic E-state index is 0. The van der Waals surface area contributed by atoms with Crippen LogP contribution < -0.4 is 30.8 Å². The van der Waals surface area contributed by atoms with Gasteiger partial charge in [-0.15, -0.1) is 5.34 Å². The molecule has 9 heavy (non-hydrogen) atoms. The predicted molar refractivity (Wildman–Crippen MR) is 34.3 cm³/mol. The second kappa shape index (κ2) is 694. The van der Waals surface area contributed by atoms with E-state index in [-0.39, 0.29) is 47.5 Å². The van der Waals surface area contributed by atoms with Gasteiger partial charge in [0.2, 0.25) is 0 Å². The molecular weight excluding hydrogens is 175 g/mol. The Bertz CT molecular complexity index is 18.5. The first kappa shape index (κ1) is 178. The van der Waals surface area contributed by atoms with Crippen molar-refractivity contribution >= 4 is 0 Å². The van der Waals surface area contributed by atoms with Gasteiger partial charge in [0.25, 0.3) is 0 Å². The van der Waals surface area contributed by atoms with Crippen molar-refractivity contribution in [3.8, 4) is 0 Å². The Balaban J connectivity index is -0.00000000133. The molecule has 0 aliphatic rings. The summed E-state index contributed by atoms with van der Waals surface area (Å²) in [5, 5.41) is 9.00. The zero-order valence-corrected chi connectivity index (χ0v) is 6.17. The summed E-state index contributed by atoms with van der Waals surface area (Å²) in [6, 6.07) is 0. The van der Waals surface area contributed by atoms with Crippen molar-refractivity contribution in [2.75, 3.05) is 0 Å². The van der Waals surface area contributed by atoms with E-state index >= 15 is 0 Å². The quantitative estimate of drug-likeness (QED) is 0.275. The van der Waals surface area contributed by atoms with E-state index in [0.29, 0.717) is 0 Å². The van der Waals surface area contributed by atoms with Crippen LogP contribution in [0.2, 0.25) is 0 Å². The fraction of sp³-hybridized carbons (Fsp3) is 0. The maximum atomic E-state index is 8.00. The van der Waals surface area contributed by atoms with E-state index in [1.807, 2.05) is 0 Å². The zero-order chi connectivity index (χ0) is 2.71. The van der Waals surface area contributed by atoms with Crippen LogP contribution in [0.4, 0.5) is 0 Å². The zero-order valence-electron chi connectivity index (χ0n) is 5.13. The first-order chi connectivity index (χ1) is 1.41. The minimum Gasteiger partial charge on any atom is -0.444 e. The van der Waals surface area contributed by atoms with Crippen LogP contribution in [0.1, 0.15) is 0 Å². The summed E-state index contributed by atoms with van der Waals surface area (Å²) >= 11 is 0. The molecule has 0 saturated carbocycles. The monoisotopic (exact) mass is 190 g/mol. The van der Waals surface area contributed by atoms with Gasteiger partial charge >= 0.3 is 0 Å². The van der Waals surface area contributed by atoms with E-state index in [2.05, 4.69) is 0 Å². The molecule has 1 radical (unpaired) electrons. The normalized spacial score (nSPS) is 1.33. The standard InChI is InChI=1S/Co.HNO2.5H3N/c;2-1-3;;;;;/h;(H,2,3);5*1H3/p-1. The van der Waals surface area contributed by atoms with E-state index in [0.717, 1.165) is 5.34 Å². The summed E-state index contributed by atoms with van der Waals surface area (Å²) in [6.07, 6.45) is 0. The van der Waals surface area contributed by atoms with Gasteiger partial charge in [0.1, 0.15) is 0 Å². The van der Waals surface area contributed by atoms with Gasteiger partial charge in [0.05, 0.1) is 0 Å². The predicted octanol–water partition coefficient (Wildman–Crippen LogP) is 1.06. The molecule has 0 aromatic rings. The molecular formula is H15CoN6O2-. The van der Waals surface area contributed by atoms with Crippen molar-refractivity contribution in [1.29, 1.82) is 0 Å². The number of nitrogens with zero attached hydrogens (tertiary/aromatic N) is 1. The van der Waals surface area contributed by atoms with E-state index in [4.69, 9.17) is 10.1 Å². The summed E-state index contributed by atoms with van der Waals surface area (Å²) in [7, 11) is 0. The van der Waals surface area contributed by atoms with Gasteiger partial charge in [-0.3, -0.25) is 0 Å². The Morgan fingerprint density at radius 3 is 0.889 bits per heavy atom. The van der Waals surface area contributed by atoms with Crippen molar-refractivity contribution in [3.63, 3.8) is 0 Å². The average molecular weight is 190 g/mol. The van der Waals surface area contributed by atoms with Crippen molar-refractivity contribution in [1.82, 2.24) is 30.8 Å². The van der Waals surface area contributed by atoms with E-state index < -0.39 is 0 Å². The number of hydrogen-bond acceptors (Lipinski definition) is 8. The third-order valence-electron chi connectivity index (χ3n) is 0. The van der Waals surface area contributed by atoms with Crippen LogP contribution >= 0.6 is 0 Å². The fourth-order valence-electron chi connectivity index (χ4n) is 0. The van der Waals surface area contributed by atoms with E-state index in [1.54, 1.807) is 0 Å². The van der Waals surface area contributed by atoms with Crippen molar-refractivity contribution in [2.45, 2.75) is 0 Å². The molecule has 0 rings (SSSR count). The van der Waals surface area contributed by atoms with Crippen LogP contribution in [0.3, 0.4) is 0 Å². The van der Waals surface area contributed by atoms with Crippen LogP contribution in [0.15, 0.2) is 5.34 Å². The Kier molecular flexibility index (Phi) is 13700. The second-order valence-corrected chi connectivity index (χ2v) is 0.0745. The first-order valence-electron chi connectivity index (χ1n) is 0.365. The Morgan fingerprint density at radius 2 is 0.889 bits per heavy atom. The molecule has 9 heteroatoms. The van der Waals surface area contributed by atoms with Crippen molar-refractivity contribution in [3.05, 3.63) is 10.1 Å². The van der Waals surface area contributed by atoms with Gasteiger partial charge < -0.3 is 40.9 Å². The SMILES string of the molecule is N.N.N.N.N.O=N[O-].[Co]. The Hall–Kier alpha value is -0.294. The first-order valence-corrected chi connectivity index (χ1v) is 0.365. The van der Waals surface area contributed by atoms with Crippen LogP contribution in [0.25, 0.3) is 0 Å². The Labute approximate surface area is 63.8 Å². The molecule has 67 valence electrons. The molecule has 0 bridgehead atoms. The number of hydrogen-bond donors (Lipinski definition) is 5. The molecule has 0 amide bonds. The van der Waals surface area contributed by atoms with Gasteiger partial charge in [0.15, 0.2) is 0 Å². The summed E-state index contributed by atoms with van der Waals surface area (Å²) in [5.41, 5.74) is 0. The molecule has 0 aromatic heterocycles. The van der Waals surface area contributed by atoms with Gasteiger partial charge in [-0.05, 0) is 0 Å². The van der Waals surface area contributed by atoms with Crippen molar-refractivity contribution < 1.29 is 16.8 Å². The topological polar surface area (TPSA) is 227 Å². The smallest absolute Gasteiger partial charge is 0 e. The molecule has 0 heterocycles. The maximum Gasteiger partial charge on any atom is 0 e. The summed E-state index contributed by atoms with van der Waals surface area (Å²) in [4.78, 5) is 8.00. The third-order valence-corrected chi connectivity index (χ3v) is 0. The molecule has 8 nitrogen and oxygen atoms in total. The molecule has 0 aliphatic carbocycles. The minimum atomic E-state index is 0. The van der Waals surface area contributed by atoms with Gasteiger partial charge in [-0.2, -0.15) is 0 Å². The maximum absolute atomic E-state index is 8.00. The van der Waals surface area contributed by atoms with Crippen LogP contribution in [0, 0.1) is 10.1 Å².